The summed E-state index contributed by atoms with van der Waals surface area (Å²) in [5.74, 6) is 1.73. The van der Waals surface area contributed by atoms with Crippen molar-refractivity contribution in [3.05, 3.63) is 34.9 Å². The first-order chi connectivity index (χ1) is 9.95. The molecule has 116 valence electrons. The van der Waals surface area contributed by atoms with E-state index in [0.717, 1.165) is 11.8 Å². The van der Waals surface area contributed by atoms with Gasteiger partial charge in [0.25, 0.3) is 0 Å². The molecule has 1 fully saturated rings. The van der Waals surface area contributed by atoms with E-state index in [1.54, 1.807) is 11.1 Å². The minimum absolute atomic E-state index is 0.486. The number of hydrogen-bond donors (Lipinski definition) is 0. The maximum atomic E-state index is 4.03. The van der Waals surface area contributed by atoms with E-state index >= 15 is 0 Å². The highest BCUT2D eigenvalue weighted by molar-refractivity contribution is 9.09. The lowest BCUT2D eigenvalue weighted by molar-refractivity contribution is 0.149. The smallest absolute Gasteiger partial charge is 0.0423 e. The highest BCUT2D eigenvalue weighted by Gasteiger charge is 2.32. The van der Waals surface area contributed by atoms with E-state index in [1.165, 1.54) is 50.5 Å². The molecule has 0 N–H and O–H groups in total. The summed E-state index contributed by atoms with van der Waals surface area (Å²) in [5.41, 5.74) is 5.21. The SMILES string of the molecule is CC(C)(C)C1CCC(C(Br)c2ccc3c(c2)CCC3)CC1. The summed E-state index contributed by atoms with van der Waals surface area (Å²) in [6.07, 6.45) is 9.51. The van der Waals surface area contributed by atoms with Crippen LogP contribution in [-0.4, -0.2) is 0 Å². The van der Waals surface area contributed by atoms with Gasteiger partial charge in [-0.05, 0) is 78.9 Å². The summed E-state index contributed by atoms with van der Waals surface area (Å²) in [4.78, 5) is 0.560. The van der Waals surface area contributed by atoms with Crippen LogP contribution in [0.5, 0.6) is 0 Å². The van der Waals surface area contributed by atoms with Gasteiger partial charge >= 0.3 is 0 Å². The van der Waals surface area contributed by atoms with E-state index in [9.17, 15) is 0 Å². The molecule has 0 amide bonds. The first-order valence-corrected chi connectivity index (χ1v) is 9.62. The minimum Gasteiger partial charge on any atom is -0.0836 e. The number of aryl methyl sites for hydroxylation is 2. The number of alkyl halides is 1. The molecule has 0 heterocycles. The van der Waals surface area contributed by atoms with Crippen LogP contribution in [-0.2, 0) is 12.8 Å². The third-order valence-corrected chi connectivity index (χ3v) is 7.13. The summed E-state index contributed by atoms with van der Waals surface area (Å²) < 4.78 is 0. The third kappa shape index (κ3) is 3.38. The Kier molecular flexibility index (Phi) is 4.50. The normalized spacial score (nSPS) is 27.4. The molecule has 1 aromatic carbocycles. The van der Waals surface area contributed by atoms with Gasteiger partial charge in [0, 0.05) is 4.83 Å². The van der Waals surface area contributed by atoms with Gasteiger partial charge in [-0.2, -0.15) is 0 Å². The molecule has 0 aliphatic heterocycles. The molecule has 1 atom stereocenters. The van der Waals surface area contributed by atoms with Crippen LogP contribution in [0, 0.1) is 17.3 Å². The molecule has 3 rings (SSSR count). The second-order valence-electron chi connectivity index (χ2n) is 8.26. The summed E-state index contributed by atoms with van der Waals surface area (Å²) in [6, 6.07) is 7.24. The van der Waals surface area contributed by atoms with Gasteiger partial charge in [-0.25, -0.2) is 0 Å². The molecule has 1 aromatic rings. The van der Waals surface area contributed by atoms with E-state index in [4.69, 9.17) is 0 Å². The van der Waals surface area contributed by atoms with E-state index < -0.39 is 0 Å². The molecule has 1 unspecified atom stereocenters. The van der Waals surface area contributed by atoms with Gasteiger partial charge in [-0.15, -0.1) is 0 Å². The van der Waals surface area contributed by atoms with Crippen molar-refractivity contribution < 1.29 is 0 Å². The molecule has 21 heavy (non-hydrogen) atoms. The van der Waals surface area contributed by atoms with Crippen LogP contribution in [0.15, 0.2) is 18.2 Å². The van der Waals surface area contributed by atoms with Crippen LogP contribution in [0.1, 0.15) is 74.4 Å². The first-order valence-electron chi connectivity index (χ1n) is 8.71. The van der Waals surface area contributed by atoms with Crippen LogP contribution < -0.4 is 0 Å². The highest BCUT2D eigenvalue weighted by atomic mass is 79.9. The number of rotatable bonds is 2. The van der Waals surface area contributed by atoms with Crippen molar-refractivity contribution in [3.8, 4) is 0 Å². The van der Waals surface area contributed by atoms with Gasteiger partial charge in [-0.3, -0.25) is 0 Å². The Balaban J connectivity index is 1.65. The first kappa shape index (κ1) is 15.6. The Hall–Kier alpha value is -0.300. The number of halogens is 1. The predicted octanol–water partition coefficient (Wildman–Crippen LogP) is 6.46. The molecule has 1 saturated carbocycles. The molecule has 2 aliphatic carbocycles. The standard InChI is InChI=1S/C20H29Br/c1-20(2,3)18-11-9-15(10-12-18)19(21)17-8-7-14-5-4-6-16(14)13-17/h7-8,13,15,18-19H,4-6,9-12H2,1-3H3. The second kappa shape index (κ2) is 6.07. The van der Waals surface area contributed by atoms with Crippen molar-refractivity contribution in [3.63, 3.8) is 0 Å². The Bertz CT molecular complexity index is 489. The Labute approximate surface area is 138 Å². The van der Waals surface area contributed by atoms with E-state index in [0.29, 0.717) is 10.2 Å². The molecule has 0 radical (unpaired) electrons. The monoisotopic (exact) mass is 348 g/mol. The second-order valence-corrected chi connectivity index (χ2v) is 9.25. The summed E-state index contributed by atoms with van der Waals surface area (Å²) >= 11 is 4.03. The summed E-state index contributed by atoms with van der Waals surface area (Å²) in [7, 11) is 0. The predicted molar refractivity (Wildman–Crippen MR) is 95.0 cm³/mol. The summed E-state index contributed by atoms with van der Waals surface area (Å²) in [5, 5.41) is 0. The van der Waals surface area contributed by atoms with Gasteiger partial charge in [0.15, 0.2) is 0 Å². The lowest BCUT2D eigenvalue weighted by Gasteiger charge is -2.38. The molecule has 0 spiro atoms. The van der Waals surface area contributed by atoms with Crippen molar-refractivity contribution in [1.29, 1.82) is 0 Å². The Morgan fingerprint density at radius 3 is 2.33 bits per heavy atom. The molecular formula is C20H29Br. The maximum Gasteiger partial charge on any atom is 0.0423 e. The third-order valence-electron chi connectivity index (χ3n) is 5.85. The Morgan fingerprint density at radius 1 is 1.00 bits per heavy atom. The molecular weight excluding hydrogens is 320 g/mol. The van der Waals surface area contributed by atoms with Gasteiger partial charge in [-0.1, -0.05) is 54.9 Å². The highest BCUT2D eigenvalue weighted by Crippen LogP contribution is 2.46. The van der Waals surface area contributed by atoms with Crippen LogP contribution >= 0.6 is 15.9 Å². The largest absolute Gasteiger partial charge is 0.0836 e. The molecule has 0 bridgehead atoms. The van der Waals surface area contributed by atoms with Gasteiger partial charge in [0.05, 0.1) is 0 Å². The van der Waals surface area contributed by atoms with E-state index in [-0.39, 0.29) is 0 Å². The fraction of sp³-hybridized carbons (Fsp3) is 0.700. The number of benzene rings is 1. The Morgan fingerprint density at radius 2 is 1.67 bits per heavy atom. The molecule has 1 heteroatoms. The fourth-order valence-corrected chi connectivity index (χ4v) is 5.13. The molecule has 2 aliphatic rings. The van der Waals surface area contributed by atoms with Crippen molar-refractivity contribution in [1.82, 2.24) is 0 Å². The van der Waals surface area contributed by atoms with Gasteiger partial charge < -0.3 is 0 Å². The fourth-order valence-electron chi connectivity index (χ4n) is 4.31. The van der Waals surface area contributed by atoms with Crippen molar-refractivity contribution in [2.24, 2.45) is 17.3 Å². The van der Waals surface area contributed by atoms with Crippen LogP contribution in [0.25, 0.3) is 0 Å². The van der Waals surface area contributed by atoms with Crippen LogP contribution in [0.3, 0.4) is 0 Å². The zero-order valence-corrected chi connectivity index (χ0v) is 15.4. The van der Waals surface area contributed by atoms with Crippen LogP contribution in [0.4, 0.5) is 0 Å². The lowest BCUT2D eigenvalue weighted by Crippen LogP contribution is -2.27. The van der Waals surface area contributed by atoms with Crippen molar-refractivity contribution in [2.75, 3.05) is 0 Å². The molecule has 0 aromatic heterocycles. The van der Waals surface area contributed by atoms with Crippen molar-refractivity contribution >= 4 is 15.9 Å². The minimum atomic E-state index is 0.486. The van der Waals surface area contributed by atoms with Gasteiger partial charge in [0.2, 0.25) is 0 Å². The van der Waals surface area contributed by atoms with E-state index in [2.05, 4.69) is 54.9 Å². The van der Waals surface area contributed by atoms with Gasteiger partial charge in [0.1, 0.15) is 0 Å². The average molecular weight is 349 g/mol. The topological polar surface area (TPSA) is 0 Å². The zero-order valence-electron chi connectivity index (χ0n) is 13.8. The number of hydrogen-bond acceptors (Lipinski definition) is 0. The average Bonchev–Trinajstić information content (AvgIpc) is 2.93. The summed E-state index contributed by atoms with van der Waals surface area (Å²) in [6.45, 7) is 7.22. The zero-order chi connectivity index (χ0) is 15.0. The molecule has 0 nitrogen and oxygen atoms in total. The van der Waals surface area contributed by atoms with E-state index in [1.807, 2.05) is 0 Å². The van der Waals surface area contributed by atoms with Crippen LogP contribution in [0.2, 0.25) is 0 Å². The molecule has 0 saturated heterocycles. The lowest BCUT2D eigenvalue weighted by atomic mass is 9.69. The quantitative estimate of drug-likeness (QED) is 0.537. The number of fused-ring (bicyclic) bond motifs is 1. The van der Waals surface area contributed by atoms with Crippen molar-refractivity contribution in [2.45, 2.75) is 70.5 Å². The maximum absolute atomic E-state index is 4.03.